The minimum atomic E-state index is -0.868. The number of phenols is 1. The zero-order chi connectivity index (χ0) is 19.1. The third-order valence-electron chi connectivity index (χ3n) is 3.88. The molecule has 0 radical (unpaired) electrons. The van der Waals surface area contributed by atoms with E-state index in [-0.39, 0.29) is 18.8 Å². The number of carbonyl (C=O) groups is 1. The fraction of sp³-hybridized carbons (Fsp3) is 0.316. The van der Waals surface area contributed by atoms with Gasteiger partial charge in [-0.2, -0.15) is 0 Å². The van der Waals surface area contributed by atoms with Gasteiger partial charge in [0.05, 0.1) is 0 Å². The van der Waals surface area contributed by atoms with Gasteiger partial charge in [-0.05, 0) is 59.8 Å². The molecular weight excluding hydrogens is 449 g/mol. The molecule has 0 aliphatic carbocycles. The first-order valence-electron chi connectivity index (χ1n) is 8.11. The Morgan fingerprint density at radius 1 is 1.23 bits per heavy atom. The summed E-state index contributed by atoms with van der Waals surface area (Å²) in [6.07, 6.45) is -1.89. The maximum atomic E-state index is 12.4. The summed E-state index contributed by atoms with van der Waals surface area (Å²) < 4.78 is 11.8. The third-order valence-corrected chi connectivity index (χ3v) is 4.55. The normalized spacial score (nSPS) is 13.1. The number of anilines is 1. The second-order valence-electron chi connectivity index (χ2n) is 5.81. The molecule has 140 valence electrons. The van der Waals surface area contributed by atoms with E-state index in [1.807, 2.05) is 19.1 Å². The van der Waals surface area contributed by atoms with E-state index in [1.165, 1.54) is 13.2 Å². The molecule has 2 aromatic rings. The van der Waals surface area contributed by atoms with Crippen LogP contribution in [0.3, 0.4) is 0 Å². The molecular formula is C19H22INO5. The van der Waals surface area contributed by atoms with Gasteiger partial charge in [-0.3, -0.25) is 5.32 Å². The minimum Gasteiger partial charge on any atom is -0.508 e. The van der Waals surface area contributed by atoms with Crippen molar-refractivity contribution in [1.29, 1.82) is 0 Å². The molecule has 0 bridgehead atoms. The van der Waals surface area contributed by atoms with Crippen LogP contribution in [-0.2, 0) is 9.47 Å². The van der Waals surface area contributed by atoms with Gasteiger partial charge < -0.3 is 19.7 Å². The number of ether oxygens (including phenoxy) is 2. The van der Waals surface area contributed by atoms with Crippen molar-refractivity contribution in [3.8, 4) is 5.75 Å². The summed E-state index contributed by atoms with van der Waals surface area (Å²) in [5, 5.41) is 22.2. The van der Waals surface area contributed by atoms with Crippen LogP contribution in [0.4, 0.5) is 10.5 Å². The van der Waals surface area contributed by atoms with Gasteiger partial charge >= 0.3 is 6.09 Å². The van der Waals surface area contributed by atoms with Gasteiger partial charge in [-0.1, -0.05) is 17.7 Å². The summed E-state index contributed by atoms with van der Waals surface area (Å²) in [5.74, 6) is -0.00135. The van der Waals surface area contributed by atoms with E-state index in [0.717, 1.165) is 9.13 Å². The van der Waals surface area contributed by atoms with Gasteiger partial charge in [0.25, 0.3) is 0 Å². The van der Waals surface area contributed by atoms with Gasteiger partial charge in [0.2, 0.25) is 0 Å². The van der Waals surface area contributed by atoms with Crippen LogP contribution in [0.25, 0.3) is 0 Å². The largest absolute Gasteiger partial charge is 0.508 e. The van der Waals surface area contributed by atoms with Crippen molar-refractivity contribution < 1.29 is 24.5 Å². The molecule has 6 nitrogen and oxygen atoms in total. The summed E-state index contributed by atoms with van der Waals surface area (Å²) in [4.78, 5) is 12.4. The highest BCUT2D eigenvalue weighted by atomic mass is 127. The van der Waals surface area contributed by atoms with Crippen molar-refractivity contribution in [1.82, 2.24) is 0 Å². The number of rotatable bonds is 7. The fourth-order valence-corrected chi connectivity index (χ4v) is 3.03. The van der Waals surface area contributed by atoms with Gasteiger partial charge in [-0.25, -0.2) is 4.79 Å². The Kier molecular flexibility index (Phi) is 7.67. The van der Waals surface area contributed by atoms with Crippen LogP contribution in [0.2, 0.25) is 0 Å². The summed E-state index contributed by atoms with van der Waals surface area (Å²) in [5.41, 5.74) is 2.10. The van der Waals surface area contributed by atoms with E-state index < -0.39 is 18.3 Å². The Morgan fingerprint density at radius 2 is 1.92 bits per heavy atom. The molecule has 0 aromatic heterocycles. The fourth-order valence-electron chi connectivity index (χ4n) is 2.51. The van der Waals surface area contributed by atoms with E-state index in [2.05, 4.69) is 27.9 Å². The molecule has 3 N–H and O–H groups in total. The number of amides is 1. The molecule has 0 heterocycles. The molecule has 2 atom stereocenters. The second kappa shape index (κ2) is 9.75. The zero-order valence-electron chi connectivity index (χ0n) is 14.6. The number of hydrogen-bond donors (Lipinski definition) is 3. The average molecular weight is 471 g/mol. The van der Waals surface area contributed by atoms with Crippen LogP contribution in [0, 0.1) is 10.5 Å². The van der Waals surface area contributed by atoms with Crippen LogP contribution < -0.4 is 5.32 Å². The maximum Gasteiger partial charge on any atom is 0.412 e. The lowest BCUT2D eigenvalue weighted by atomic mass is 10.0. The number of methoxy groups -OCH3 is 1. The van der Waals surface area contributed by atoms with Crippen molar-refractivity contribution in [3.63, 3.8) is 0 Å². The molecule has 2 rings (SSSR count). The third kappa shape index (κ3) is 5.58. The first-order valence-corrected chi connectivity index (χ1v) is 9.19. The standard InChI is InChI=1S/C19H22INO5/c1-12-3-6-14(7-4-12)21-19(24)26-18(17(25-2)9-10-22)15-11-13(20)5-8-16(15)23/h3-8,11,17-18,22-23H,9-10H2,1-2H3,(H,21,24)/t17-,18-/m0/s1. The topological polar surface area (TPSA) is 88.0 Å². The van der Waals surface area contributed by atoms with Crippen molar-refractivity contribution in [2.45, 2.75) is 25.6 Å². The second-order valence-corrected chi connectivity index (χ2v) is 7.05. The lowest BCUT2D eigenvalue weighted by Crippen LogP contribution is -2.29. The number of halogens is 1. The molecule has 7 heteroatoms. The number of phenolic OH excluding ortho intramolecular Hbond substituents is 1. The lowest BCUT2D eigenvalue weighted by Gasteiger charge is -2.26. The molecule has 0 unspecified atom stereocenters. The highest BCUT2D eigenvalue weighted by Crippen LogP contribution is 2.33. The van der Waals surface area contributed by atoms with Gasteiger partial charge in [0.1, 0.15) is 11.9 Å². The quantitative estimate of drug-likeness (QED) is 0.532. The molecule has 1 amide bonds. The van der Waals surface area contributed by atoms with Gasteiger partial charge in [-0.15, -0.1) is 0 Å². The van der Waals surface area contributed by atoms with E-state index in [4.69, 9.17) is 9.47 Å². The molecule has 0 aliphatic rings. The molecule has 26 heavy (non-hydrogen) atoms. The smallest absolute Gasteiger partial charge is 0.412 e. The zero-order valence-corrected chi connectivity index (χ0v) is 16.8. The number of aryl methyl sites for hydroxylation is 1. The molecule has 0 saturated heterocycles. The number of aromatic hydroxyl groups is 1. The van der Waals surface area contributed by atoms with Gasteiger partial charge in [0.15, 0.2) is 6.10 Å². The van der Waals surface area contributed by atoms with Crippen molar-refractivity contribution in [3.05, 3.63) is 57.2 Å². The van der Waals surface area contributed by atoms with Crippen LogP contribution in [0.1, 0.15) is 23.7 Å². The van der Waals surface area contributed by atoms with Crippen LogP contribution in [0.15, 0.2) is 42.5 Å². The van der Waals surface area contributed by atoms with Crippen molar-refractivity contribution in [2.75, 3.05) is 19.0 Å². The number of hydrogen-bond acceptors (Lipinski definition) is 5. The van der Waals surface area contributed by atoms with Crippen LogP contribution in [-0.4, -0.2) is 36.1 Å². The highest BCUT2D eigenvalue weighted by molar-refractivity contribution is 14.1. The number of carbonyl (C=O) groups excluding carboxylic acids is 1. The number of aliphatic hydroxyl groups is 1. The van der Waals surface area contributed by atoms with E-state index in [0.29, 0.717) is 11.3 Å². The van der Waals surface area contributed by atoms with Gasteiger partial charge in [0, 0.05) is 35.0 Å². The van der Waals surface area contributed by atoms with Crippen LogP contribution in [0.5, 0.6) is 5.75 Å². The highest BCUT2D eigenvalue weighted by Gasteiger charge is 2.29. The summed E-state index contributed by atoms with van der Waals surface area (Å²) >= 11 is 2.11. The summed E-state index contributed by atoms with van der Waals surface area (Å²) in [6, 6.07) is 12.3. The van der Waals surface area contributed by atoms with E-state index in [9.17, 15) is 15.0 Å². The van der Waals surface area contributed by atoms with E-state index in [1.54, 1.807) is 24.3 Å². The number of nitrogens with one attached hydrogen (secondary N) is 1. The Hall–Kier alpha value is -1.84. The first kappa shape index (κ1) is 20.5. The van der Waals surface area contributed by atoms with E-state index >= 15 is 0 Å². The average Bonchev–Trinajstić information content (AvgIpc) is 2.62. The number of benzene rings is 2. The molecule has 0 spiro atoms. The maximum absolute atomic E-state index is 12.4. The monoisotopic (exact) mass is 471 g/mol. The first-order chi connectivity index (χ1) is 12.4. The van der Waals surface area contributed by atoms with Crippen molar-refractivity contribution >= 4 is 34.4 Å². The Balaban J connectivity index is 2.24. The molecule has 0 fully saturated rings. The Morgan fingerprint density at radius 3 is 2.54 bits per heavy atom. The molecule has 0 saturated carbocycles. The predicted molar refractivity (Wildman–Crippen MR) is 107 cm³/mol. The summed E-state index contributed by atoms with van der Waals surface area (Å²) in [7, 11) is 1.47. The Bertz CT molecular complexity index is 735. The minimum absolute atomic E-state index is 0.00135. The number of aliphatic hydroxyl groups excluding tert-OH is 1. The predicted octanol–water partition coefficient (Wildman–Crippen LogP) is 3.99. The Labute approximate surface area is 166 Å². The van der Waals surface area contributed by atoms with Crippen molar-refractivity contribution in [2.24, 2.45) is 0 Å². The molecule has 0 aliphatic heterocycles. The summed E-state index contributed by atoms with van der Waals surface area (Å²) in [6.45, 7) is 1.82. The SMILES string of the molecule is CO[C@@H](CCO)[C@@H](OC(=O)Nc1ccc(C)cc1)c1cc(I)ccc1O. The van der Waals surface area contributed by atoms with Crippen LogP contribution >= 0.6 is 22.6 Å². The lowest BCUT2D eigenvalue weighted by molar-refractivity contribution is -0.0314. The molecule has 2 aromatic carbocycles.